The van der Waals surface area contributed by atoms with Crippen LogP contribution in [0.25, 0.3) is 0 Å². The van der Waals surface area contributed by atoms with Gasteiger partial charge in [-0.05, 0) is 19.4 Å². The maximum absolute atomic E-state index is 13.2. The summed E-state index contributed by atoms with van der Waals surface area (Å²) in [5.74, 6) is -0.322. The van der Waals surface area contributed by atoms with Gasteiger partial charge in [0.15, 0.2) is 11.6 Å². The lowest BCUT2D eigenvalue weighted by molar-refractivity contribution is 0.282. The number of halogens is 2. The fourth-order valence-corrected chi connectivity index (χ4v) is 1.16. The minimum absolute atomic E-state index is 0.0248. The summed E-state index contributed by atoms with van der Waals surface area (Å²) in [5, 5.41) is 11.8. The zero-order valence-corrected chi connectivity index (χ0v) is 8.55. The van der Waals surface area contributed by atoms with Gasteiger partial charge in [-0.3, -0.25) is 0 Å². The highest BCUT2D eigenvalue weighted by Gasteiger charge is 2.07. The first kappa shape index (κ1) is 11.2. The quantitative estimate of drug-likeness (QED) is 0.813. The van der Waals surface area contributed by atoms with E-state index >= 15 is 0 Å². The second-order valence-electron chi connectivity index (χ2n) is 3.04. The summed E-state index contributed by atoms with van der Waals surface area (Å²) in [6.45, 7) is 1.90. The maximum Gasteiger partial charge on any atom is 0.166 e. The number of aromatic nitrogens is 1. The monoisotopic (exact) mass is 218 g/mol. The Morgan fingerprint density at radius 2 is 2.43 bits per heavy atom. The van der Waals surface area contributed by atoms with Gasteiger partial charge in [0, 0.05) is 18.8 Å². The molecule has 0 saturated heterocycles. The van der Waals surface area contributed by atoms with Crippen molar-refractivity contribution in [3.05, 3.63) is 23.1 Å². The summed E-state index contributed by atoms with van der Waals surface area (Å²) in [7, 11) is 0. The van der Waals surface area contributed by atoms with Crippen molar-refractivity contribution < 1.29 is 9.50 Å². The molecule has 0 amide bonds. The van der Waals surface area contributed by atoms with Crippen LogP contribution in [0.3, 0.4) is 0 Å². The molecule has 2 N–H and O–H groups in total. The molecule has 3 nitrogen and oxygen atoms in total. The SMILES string of the molecule is C[C@H](CCO)Nc1ncc(Cl)cc1F. The van der Waals surface area contributed by atoms with E-state index in [0.717, 1.165) is 0 Å². The average Bonchev–Trinajstić information content (AvgIpc) is 2.10. The fraction of sp³-hybridized carbons (Fsp3) is 0.444. The third-order valence-corrected chi connectivity index (χ3v) is 1.96. The van der Waals surface area contributed by atoms with Gasteiger partial charge in [0.1, 0.15) is 0 Å². The molecule has 0 fully saturated rings. The summed E-state index contributed by atoms with van der Waals surface area (Å²) in [4.78, 5) is 3.80. The van der Waals surface area contributed by atoms with Crippen molar-refractivity contribution in [2.75, 3.05) is 11.9 Å². The lowest BCUT2D eigenvalue weighted by atomic mass is 10.2. The number of rotatable bonds is 4. The Hall–Kier alpha value is -0.870. The summed E-state index contributed by atoms with van der Waals surface area (Å²) in [6.07, 6.45) is 1.92. The van der Waals surface area contributed by atoms with Gasteiger partial charge in [-0.25, -0.2) is 9.37 Å². The van der Waals surface area contributed by atoms with Gasteiger partial charge in [-0.1, -0.05) is 11.6 Å². The maximum atomic E-state index is 13.2. The molecule has 0 spiro atoms. The number of aliphatic hydroxyl groups excluding tert-OH is 1. The molecule has 1 rings (SSSR count). The zero-order valence-electron chi connectivity index (χ0n) is 7.80. The van der Waals surface area contributed by atoms with Crippen LogP contribution in [-0.2, 0) is 0 Å². The molecule has 1 heterocycles. The van der Waals surface area contributed by atoms with Crippen molar-refractivity contribution in [1.29, 1.82) is 0 Å². The molecule has 0 aliphatic carbocycles. The first-order chi connectivity index (χ1) is 6.63. The molecule has 0 unspecified atom stereocenters. The molecule has 1 aromatic rings. The van der Waals surface area contributed by atoms with Crippen molar-refractivity contribution in [2.45, 2.75) is 19.4 Å². The predicted molar refractivity (Wildman–Crippen MR) is 54.0 cm³/mol. The number of nitrogens with zero attached hydrogens (tertiary/aromatic N) is 1. The van der Waals surface area contributed by atoms with Gasteiger partial charge < -0.3 is 10.4 Å². The van der Waals surface area contributed by atoms with E-state index in [1.807, 2.05) is 6.92 Å². The first-order valence-electron chi connectivity index (χ1n) is 4.32. The summed E-state index contributed by atoms with van der Waals surface area (Å²) in [6, 6.07) is 1.17. The van der Waals surface area contributed by atoms with E-state index in [9.17, 15) is 4.39 Å². The van der Waals surface area contributed by atoms with Crippen molar-refractivity contribution >= 4 is 17.4 Å². The molecular formula is C9H12ClFN2O. The second kappa shape index (κ2) is 5.12. The van der Waals surface area contributed by atoms with Gasteiger partial charge in [0.2, 0.25) is 0 Å². The molecular weight excluding hydrogens is 207 g/mol. The number of nitrogens with one attached hydrogen (secondary N) is 1. The normalized spacial score (nSPS) is 12.6. The number of hydrogen-bond acceptors (Lipinski definition) is 3. The Morgan fingerprint density at radius 1 is 1.71 bits per heavy atom. The summed E-state index contributed by atoms with van der Waals surface area (Å²) < 4.78 is 13.2. The van der Waals surface area contributed by atoms with Crippen LogP contribution in [0.15, 0.2) is 12.3 Å². The Labute approximate surface area is 86.9 Å². The molecule has 0 radical (unpaired) electrons. The van der Waals surface area contributed by atoms with Crippen LogP contribution in [0, 0.1) is 5.82 Å². The lowest BCUT2D eigenvalue weighted by Gasteiger charge is -2.13. The van der Waals surface area contributed by atoms with E-state index in [-0.39, 0.29) is 23.5 Å². The molecule has 78 valence electrons. The Kier molecular flexibility index (Phi) is 4.10. The largest absolute Gasteiger partial charge is 0.396 e. The second-order valence-corrected chi connectivity index (χ2v) is 3.48. The molecule has 1 atom stereocenters. The van der Waals surface area contributed by atoms with Crippen LogP contribution < -0.4 is 5.32 Å². The molecule has 14 heavy (non-hydrogen) atoms. The van der Waals surface area contributed by atoms with Crippen molar-refractivity contribution in [2.24, 2.45) is 0 Å². The molecule has 0 bridgehead atoms. The van der Waals surface area contributed by atoms with E-state index in [2.05, 4.69) is 10.3 Å². The van der Waals surface area contributed by atoms with Crippen LogP contribution in [0.5, 0.6) is 0 Å². The van der Waals surface area contributed by atoms with E-state index in [4.69, 9.17) is 16.7 Å². The highest BCUT2D eigenvalue weighted by molar-refractivity contribution is 6.30. The van der Waals surface area contributed by atoms with Crippen LogP contribution in [0.2, 0.25) is 5.02 Å². The Balaban J connectivity index is 2.67. The molecule has 0 saturated carbocycles. The topological polar surface area (TPSA) is 45.1 Å². The predicted octanol–water partition coefficient (Wildman–Crippen LogP) is 2.06. The van der Waals surface area contributed by atoms with Crippen LogP contribution >= 0.6 is 11.6 Å². The number of pyridine rings is 1. The van der Waals surface area contributed by atoms with E-state index in [0.29, 0.717) is 6.42 Å². The van der Waals surface area contributed by atoms with E-state index in [1.165, 1.54) is 12.3 Å². The minimum atomic E-state index is -0.484. The summed E-state index contributed by atoms with van der Waals surface area (Å²) in [5.41, 5.74) is 0. The molecule has 0 aliphatic heterocycles. The molecule has 0 aliphatic rings. The van der Waals surface area contributed by atoms with E-state index in [1.54, 1.807) is 0 Å². The Bertz CT molecular complexity index is 309. The highest BCUT2D eigenvalue weighted by Crippen LogP contribution is 2.16. The third kappa shape index (κ3) is 3.12. The van der Waals surface area contributed by atoms with Gasteiger partial charge in [-0.15, -0.1) is 0 Å². The van der Waals surface area contributed by atoms with Crippen LogP contribution in [0.1, 0.15) is 13.3 Å². The van der Waals surface area contributed by atoms with E-state index < -0.39 is 5.82 Å². The number of hydrogen-bond donors (Lipinski definition) is 2. The average molecular weight is 219 g/mol. The van der Waals surface area contributed by atoms with Gasteiger partial charge in [0.25, 0.3) is 0 Å². The van der Waals surface area contributed by atoms with Crippen molar-refractivity contribution in [3.8, 4) is 0 Å². The molecule has 1 aromatic heterocycles. The summed E-state index contributed by atoms with van der Waals surface area (Å²) >= 11 is 5.54. The molecule has 5 heteroatoms. The lowest BCUT2D eigenvalue weighted by Crippen LogP contribution is -2.18. The van der Waals surface area contributed by atoms with Gasteiger partial charge in [0.05, 0.1) is 5.02 Å². The van der Waals surface area contributed by atoms with Gasteiger partial charge in [-0.2, -0.15) is 0 Å². The zero-order chi connectivity index (χ0) is 10.6. The highest BCUT2D eigenvalue weighted by atomic mass is 35.5. The van der Waals surface area contributed by atoms with Crippen molar-refractivity contribution in [3.63, 3.8) is 0 Å². The smallest absolute Gasteiger partial charge is 0.166 e. The van der Waals surface area contributed by atoms with Crippen LogP contribution in [-0.4, -0.2) is 22.7 Å². The third-order valence-electron chi connectivity index (χ3n) is 1.75. The van der Waals surface area contributed by atoms with Crippen LogP contribution in [0.4, 0.5) is 10.2 Å². The fourth-order valence-electron chi connectivity index (χ4n) is 1.02. The first-order valence-corrected chi connectivity index (χ1v) is 4.69. The number of aliphatic hydroxyl groups is 1. The number of anilines is 1. The van der Waals surface area contributed by atoms with Crippen molar-refractivity contribution in [1.82, 2.24) is 4.98 Å². The Morgan fingerprint density at radius 3 is 3.00 bits per heavy atom. The van der Waals surface area contributed by atoms with Gasteiger partial charge >= 0.3 is 0 Å². The minimum Gasteiger partial charge on any atom is -0.396 e. The standard InChI is InChI=1S/C9H12ClFN2O/c1-6(2-3-14)13-9-8(11)4-7(10)5-12-9/h4-6,14H,2-3H2,1H3,(H,12,13)/t6-/m1/s1. The molecule has 0 aromatic carbocycles.